The third kappa shape index (κ3) is 18.9. The van der Waals surface area contributed by atoms with E-state index in [1.54, 1.807) is 0 Å². The molecule has 0 aliphatic carbocycles. The van der Waals surface area contributed by atoms with E-state index in [0.29, 0.717) is 0 Å². The number of allylic oxidation sites excluding steroid dienone is 4. The zero-order valence-electron chi connectivity index (χ0n) is 11.8. The molecule has 0 N–H and O–H groups in total. The molecular weight excluding hydrogens is 192 g/mol. The van der Waals surface area contributed by atoms with Crippen molar-refractivity contribution in [3.8, 4) is 0 Å². The zero-order valence-corrected chi connectivity index (χ0v) is 11.8. The Morgan fingerprint density at radius 1 is 1.06 bits per heavy atom. The molecule has 0 radical (unpaired) electrons. The molecule has 0 aliphatic heterocycles. The molecule has 0 nitrogen and oxygen atoms in total. The number of rotatable bonds is 7. The van der Waals surface area contributed by atoms with Gasteiger partial charge >= 0.3 is 0 Å². The van der Waals surface area contributed by atoms with E-state index in [2.05, 4.69) is 40.9 Å². The first kappa shape index (κ1) is 17.6. The van der Waals surface area contributed by atoms with Crippen molar-refractivity contribution >= 4 is 0 Å². The van der Waals surface area contributed by atoms with Crippen LogP contribution in [0.2, 0.25) is 0 Å². The van der Waals surface area contributed by atoms with Crippen molar-refractivity contribution in [1.29, 1.82) is 0 Å². The highest BCUT2D eigenvalue weighted by Crippen LogP contribution is 2.06. The topological polar surface area (TPSA) is 0 Å². The molecule has 0 aromatic rings. The molecule has 0 bridgehead atoms. The summed E-state index contributed by atoms with van der Waals surface area (Å²) in [6.45, 7) is 16.0. The summed E-state index contributed by atoms with van der Waals surface area (Å²) < 4.78 is 0. The summed E-state index contributed by atoms with van der Waals surface area (Å²) in [5.41, 5.74) is 2.71. The van der Waals surface area contributed by atoms with Gasteiger partial charge in [-0.3, -0.25) is 0 Å². The molecule has 16 heavy (non-hydrogen) atoms. The van der Waals surface area contributed by atoms with Gasteiger partial charge in [0.15, 0.2) is 0 Å². The van der Waals surface area contributed by atoms with Crippen LogP contribution in [0.4, 0.5) is 0 Å². The first-order valence-corrected chi connectivity index (χ1v) is 6.51. The Morgan fingerprint density at radius 2 is 1.69 bits per heavy atom. The molecule has 0 unspecified atom stereocenters. The first-order valence-electron chi connectivity index (χ1n) is 6.51. The Bertz CT molecular complexity index is 196. The predicted molar refractivity (Wildman–Crippen MR) is 77.8 cm³/mol. The Hall–Kier alpha value is -0.780. The molecule has 0 heterocycles. The second-order valence-corrected chi connectivity index (χ2v) is 4.37. The number of hydrogen-bond donors (Lipinski definition) is 0. The largest absolute Gasteiger partial charge is 0.100 e. The van der Waals surface area contributed by atoms with Gasteiger partial charge in [0.05, 0.1) is 0 Å². The highest BCUT2D eigenvalue weighted by molar-refractivity contribution is 5.06. The quantitative estimate of drug-likeness (QED) is 0.279. The normalized spacial score (nSPS) is 10.4. The molecule has 0 atom stereocenters. The number of hydrogen-bond acceptors (Lipinski definition) is 0. The SMILES string of the molecule is C=C(C)CCCCCC.C=C/C=C(\C)CC. The van der Waals surface area contributed by atoms with Crippen LogP contribution in [-0.4, -0.2) is 0 Å². The van der Waals surface area contributed by atoms with E-state index in [0.717, 1.165) is 6.42 Å². The van der Waals surface area contributed by atoms with Crippen molar-refractivity contribution in [2.24, 2.45) is 0 Å². The van der Waals surface area contributed by atoms with Crippen molar-refractivity contribution in [1.82, 2.24) is 0 Å². The minimum absolute atomic E-state index is 1.13. The van der Waals surface area contributed by atoms with E-state index in [-0.39, 0.29) is 0 Å². The zero-order chi connectivity index (χ0) is 12.8. The van der Waals surface area contributed by atoms with Gasteiger partial charge in [0.1, 0.15) is 0 Å². The lowest BCUT2D eigenvalue weighted by Crippen LogP contribution is -1.76. The van der Waals surface area contributed by atoms with Gasteiger partial charge in [0.2, 0.25) is 0 Å². The van der Waals surface area contributed by atoms with Crippen LogP contribution < -0.4 is 0 Å². The van der Waals surface area contributed by atoms with Crippen molar-refractivity contribution in [3.05, 3.63) is 36.5 Å². The second kappa shape index (κ2) is 14.2. The molecule has 0 amide bonds. The summed E-state index contributed by atoms with van der Waals surface area (Å²) in [6.07, 6.45) is 11.6. The highest BCUT2D eigenvalue weighted by atomic mass is 13.9. The summed E-state index contributed by atoms with van der Waals surface area (Å²) in [6, 6.07) is 0. The van der Waals surface area contributed by atoms with Crippen molar-refractivity contribution < 1.29 is 0 Å². The Labute approximate surface area is 103 Å². The van der Waals surface area contributed by atoms with Gasteiger partial charge in [0, 0.05) is 0 Å². The third-order valence-corrected chi connectivity index (χ3v) is 2.42. The lowest BCUT2D eigenvalue weighted by atomic mass is 10.1. The van der Waals surface area contributed by atoms with Crippen LogP contribution in [0, 0.1) is 0 Å². The van der Waals surface area contributed by atoms with Crippen LogP contribution in [0.15, 0.2) is 36.5 Å². The second-order valence-electron chi connectivity index (χ2n) is 4.37. The Kier molecular flexibility index (Phi) is 15.7. The average molecular weight is 222 g/mol. The monoisotopic (exact) mass is 222 g/mol. The van der Waals surface area contributed by atoms with Gasteiger partial charge in [-0.15, -0.1) is 6.58 Å². The molecule has 94 valence electrons. The van der Waals surface area contributed by atoms with Crippen LogP contribution in [0.25, 0.3) is 0 Å². The van der Waals surface area contributed by atoms with Crippen molar-refractivity contribution in [2.45, 2.75) is 66.2 Å². The van der Waals surface area contributed by atoms with Gasteiger partial charge in [-0.25, -0.2) is 0 Å². The predicted octanol–water partition coefficient (Wildman–Crippen LogP) is 6.06. The van der Waals surface area contributed by atoms with Gasteiger partial charge in [-0.2, -0.15) is 0 Å². The summed E-state index contributed by atoms with van der Waals surface area (Å²) in [7, 11) is 0. The smallest absolute Gasteiger partial charge is 0.0326 e. The lowest BCUT2D eigenvalue weighted by Gasteiger charge is -1.96. The highest BCUT2D eigenvalue weighted by Gasteiger charge is 1.86. The Morgan fingerprint density at radius 3 is 2.00 bits per heavy atom. The molecule has 0 spiro atoms. The van der Waals surface area contributed by atoms with E-state index < -0.39 is 0 Å². The summed E-state index contributed by atoms with van der Waals surface area (Å²) in [5.74, 6) is 0. The Balaban J connectivity index is 0. The maximum absolute atomic E-state index is 3.85. The fourth-order valence-corrected chi connectivity index (χ4v) is 1.17. The molecule has 0 rings (SSSR count). The summed E-state index contributed by atoms with van der Waals surface area (Å²) in [4.78, 5) is 0. The minimum atomic E-state index is 1.13. The third-order valence-electron chi connectivity index (χ3n) is 2.42. The van der Waals surface area contributed by atoms with E-state index in [1.807, 2.05) is 12.2 Å². The van der Waals surface area contributed by atoms with Crippen LogP contribution in [0.1, 0.15) is 66.2 Å². The molecule has 0 saturated carbocycles. The summed E-state index contributed by atoms with van der Waals surface area (Å²) >= 11 is 0. The van der Waals surface area contributed by atoms with Gasteiger partial charge in [-0.05, 0) is 33.1 Å². The van der Waals surface area contributed by atoms with Crippen LogP contribution in [0.5, 0.6) is 0 Å². The standard InChI is InChI=1S/C9H18.C7H12/c1-4-5-6-7-8-9(2)3;1-4-6-7(3)5-2/h2,4-8H2,1,3H3;4,6H,1,5H2,2-3H3/b;7-6+. The molecule has 0 aromatic heterocycles. The molecule has 0 saturated heterocycles. The minimum Gasteiger partial charge on any atom is -0.100 e. The molecule has 0 aliphatic rings. The average Bonchev–Trinajstić information content (AvgIpc) is 2.25. The first-order chi connectivity index (χ1) is 7.58. The molecule has 0 fully saturated rings. The number of unbranched alkanes of at least 4 members (excludes halogenated alkanes) is 3. The van der Waals surface area contributed by atoms with Crippen LogP contribution in [-0.2, 0) is 0 Å². The lowest BCUT2D eigenvalue weighted by molar-refractivity contribution is 0.665. The van der Waals surface area contributed by atoms with E-state index >= 15 is 0 Å². The fourth-order valence-electron chi connectivity index (χ4n) is 1.17. The van der Waals surface area contributed by atoms with E-state index in [4.69, 9.17) is 0 Å². The maximum Gasteiger partial charge on any atom is -0.0326 e. The van der Waals surface area contributed by atoms with E-state index in [9.17, 15) is 0 Å². The van der Waals surface area contributed by atoms with Gasteiger partial charge in [-0.1, -0.05) is 63.0 Å². The van der Waals surface area contributed by atoms with Crippen LogP contribution >= 0.6 is 0 Å². The molecular formula is C16H30. The fraction of sp³-hybridized carbons (Fsp3) is 0.625. The molecule has 0 aromatic carbocycles. The van der Waals surface area contributed by atoms with E-state index in [1.165, 1.54) is 43.3 Å². The van der Waals surface area contributed by atoms with Crippen molar-refractivity contribution in [2.75, 3.05) is 0 Å². The maximum atomic E-state index is 3.85. The molecule has 0 heteroatoms. The van der Waals surface area contributed by atoms with Crippen molar-refractivity contribution in [3.63, 3.8) is 0 Å². The van der Waals surface area contributed by atoms with Gasteiger partial charge < -0.3 is 0 Å². The van der Waals surface area contributed by atoms with Crippen LogP contribution in [0.3, 0.4) is 0 Å². The summed E-state index contributed by atoms with van der Waals surface area (Å²) in [5, 5.41) is 0. The van der Waals surface area contributed by atoms with Gasteiger partial charge in [0.25, 0.3) is 0 Å².